The van der Waals surface area contributed by atoms with Gasteiger partial charge in [-0.2, -0.15) is 20.0 Å². The third-order valence-corrected chi connectivity index (χ3v) is 3.15. The summed E-state index contributed by atoms with van der Waals surface area (Å²) in [5, 5.41) is 14.3. The van der Waals surface area contributed by atoms with Crippen molar-refractivity contribution >= 4 is 23.4 Å². The first-order chi connectivity index (χ1) is 11.7. The van der Waals surface area contributed by atoms with Gasteiger partial charge in [-0.15, -0.1) is 0 Å². The summed E-state index contributed by atoms with van der Waals surface area (Å²) in [7, 11) is 0. The predicted molar refractivity (Wildman–Crippen MR) is 89.4 cm³/mol. The zero-order valence-corrected chi connectivity index (χ0v) is 13.0. The van der Waals surface area contributed by atoms with Crippen molar-refractivity contribution in [2.45, 2.75) is 6.92 Å². The predicted octanol–water partition coefficient (Wildman–Crippen LogP) is 1.33. The molecule has 0 bridgehead atoms. The highest BCUT2D eigenvalue weighted by atomic mass is 16.1. The minimum Gasteiger partial charge on any atom is -0.365 e. The van der Waals surface area contributed by atoms with Crippen LogP contribution in [0.5, 0.6) is 0 Å². The van der Waals surface area contributed by atoms with Gasteiger partial charge in [0.1, 0.15) is 11.4 Å². The lowest BCUT2D eigenvalue weighted by molar-refractivity contribution is 0.100. The van der Waals surface area contributed by atoms with Crippen LogP contribution in [0.2, 0.25) is 0 Å². The molecule has 0 aliphatic carbocycles. The number of rotatable bonds is 6. The van der Waals surface area contributed by atoms with Gasteiger partial charge in [0.25, 0.3) is 5.91 Å². The van der Waals surface area contributed by atoms with Crippen LogP contribution < -0.4 is 16.4 Å². The molecule has 0 fully saturated rings. The molecule has 0 aliphatic rings. The fourth-order valence-electron chi connectivity index (χ4n) is 2.09. The van der Waals surface area contributed by atoms with Crippen molar-refractivity contribution in [2.75, 3.05) is 17.2 Å². The Morgan fingerprint density at radius 2 is 2.08 bits per heavy atom. The molecule has 2 heterocycles. The van der Waals surface area contributed by atoms with Crippen LogP contribution in [0.3, 0.4) is 0 Å². The number of nitrogens with zero attached hydrogens (tertiary/aromatic N) is 5. The highest BCUT2D eigenvalue weighted by Gasteiger charge is 2.12. The molecular formula is C15H16N8O. The minimum atomic E-state index is -0.606. The van der Waals surface area contributed by atoms with Crippen LogP contribution in [-0.2, 0) is 0 Å². The summed E-state index contributed by atoms with van der Waals surface area (Å²) in [6.45, 7) is 2.59. The second-order valence-electron chi connectivity index (χ2n) is 4.84. The molecule has 0 aliphatic heterocycles. The van der Waals surface area contributed by atoms with Crippen LogP contribution in [0.1, 0.15) is 17.3 Å². The van der Waals surface area contributed by atoms with Gasteiger partial charge < -0.3 is 16.4 Å². The van der Waals surface area contributed by atoms with Crippen molar-refractivity contribution in [3.05, 3.63) is 48.4 Å². The summed E-state index contributed by atoms with van der Waals surface area (Å²) in [6, 6.07) is 7.38. The van der Waals surface area contributed by atoms with E-state index in [-0.39, 0.29) is 5.56 Å². The number of anilines is 3. The van der Waals surface area contributed by atoms with Crippen molar-refractivity contribution < 1.29 is 4.79 Å². The number of carbonyl (C=O) groups is 1. The van der Waals surface area contributed by atoms with Crippen molar-refractivity contribution in [3.63, 3.8) is 0 Å². The van der Waals surface area contributed by atoms with E-state index < -0.39 is 5.91 Å². The monoisotopic (exact) mass is 324 g/mol. The molecule has 4 N–H and O–H groups in total. The summed E-state index contributed by atoms with van der Waals surface area (Å²) in [6.07, 6.45) is 4.59. The Balaban J connectivity index is 1.94. The maximum atomic E-state index is 11.6. The van der Waals surface area contributed by atoms with Gasteiger partial charge in [-0.3, -0.25) is 4.79 Å². The zero-order valence-electron chi connectivity index (χ0n) is 13.0. The standard InChI is InChI=1S/C15H16N8O/c1-2-17-15-18-9-12(13(16)24)14(22-15)21-10-4-3-5-11(8-10)23-19-6-7-20-23/h3-9H,2H2,1H3,(H2,16,24)(H2,17,18,21,22). The number of nitrogens with one attached hydrogen (secondary N) is 2. The van der Waals surface area contributed by atoms with Gasteiger partial charge in [-0.1, -0.05) is 6.07 Å². The molecule has 1 amide bonds. The maximum absolute atomic E-state index is 11.6. The van der Waals surface area contributed by atoms with Crippen LogP contribution in [0.15, 0.2) is 42.9 Å². The zero-order chi connectivity index (χ0) is 16.9. The fourth-order valence-corrected chi connectivity index (χ4v) is 2.09. The van der Waals surface area contributed by atoms with Crippen molar-refractivity contribution in [1.82, 2.24) is 25.0 Å². The normalized spacial score (nSPS) is 10.4. The number of hydrogen-bond acceptors (Lipinski definition) is 7. The molecule has 24 heavy (non-hydrogen) atoms. The average Bonchev–Trinajstić information content (AvgIpc) is 3.10. The highest BCUT2D eigenvalue weighted by Crippen LogP contribution is 2.21. The molecule has 3 rings (SSSR count). The van der Waals surface area contributed by atoms with Crippen LogP contribution in [0.4, 0.5) is 17.5 Å². The van der Waals surface area contributed by atoms with Gasteiger partial charge in [-0.25, -0.2) is 4.98 Å². The molecule has 1 aromatic carbocycles. The first-order valence-corrected chi connectivity index (χ1v) is 7.32. The van der Waals surface area contributed by atoms with Gasteiger partial charge in [0.15, 0.2) is 0 Å². The van der Waals surface area contributed by atoms with Crippen LogP contribution >= 0.6 is 0 Å². The molecule has 0 atom stereocenters. The molecule has 0 unspecified atom stereocenters. The third kappa shape index (κ3) is 3.29. The number of carbonyl (C=O) groups excluding carboxylic acids is 1. The summed E-state index contributed by atoms with van der Waals surface area (Å²) >= 11 is 0. The minimum absolute atomic E-state index is 0.208. The quantitative estimate of drug-likeness (QED) is 0.625. The third-order valence-electron chi connectivity index (χ3n) is 3.15. The van der Waals surface area contributed by atoms with Crippen molar-refractivity contribution in [3.8, 4) is 5.69 Å². The number of nitrogens with two attached hydrogens (primary N) is 1. The fraction of sp³-hybridized carbons (Fsp3) is 0.133. The smallest absolute Gasteiger partial charge is 0.254 e. The summed E-state index contributed by atoms with van der Waals surface area (Å²) < 4.78 is 0. The molecule has 3 aromatic rings. The largest absolute Gasteiger partial charge is 0.365 e. The van der Waals surface area contributed by atoms with Crippen LogP contribution in [0.25, 0.3) is 5.69 Å². The van der Waals surface area contributed by atoms with Gasteiger partial charge >= 0.3 is 0 Å². The Hall–Kier alpha value is -3.49. The number of aromatic nitrogens is 5. The van der Waals surface area contributed by atoms with Gasteiger partial charge in [0.2, 0.25) is 5.95 Å². The maximum Gasteiger partial charge on any atom is 0.254 e. The van der Waals surface area contributed by atoms with E-state index in [1.54, 1.807) is 12.4 Å². The average molecular weight is 324 g/mol. The van der Waals surface area contributed by atoms with E-state index in [0.717, 1.165) is 5.69 Å². The van der Waals surface area contributed by atoms with Crippen molar-refractivity contribution in [1.29, 1.82) is 0 Å². The Morgan fingerprint density at radius 1 is 1.29 bits per heavy atom. The molecule has 122 valence electrons. The topological polar surface area (TPSA) is 124 Å². The van der Waals surface area contributed by atoms with E-state index in [1.165, 1.54) is 11.0 Å². The van der Waals surface area contributed by atoms with E-state index in [2.05, 4.69) is 30.8 Å². The summed E-state index contributed by atoms with van der Waals surface area (Å²) in [5.74, 6) is 0.138. The SMILES string of the molecule is CCNc1ncc(C(N)=O)c(Nc2cccc(-n3nccn3)c2)n1. The first-order valence-electron chi connectivity index (χ1n) is 7.32. The molecule has 0 radical (unpaired) electrons. The lowest BCUT2D eigenvalue weighted by Gasteiger charge is -2.11. The van der Waals surface area contributed by atoms with Crippen molar-refractivity contribution in [2.24, 2.45) is 5.73 Å². The van der Waals surface area contributed by atoms with E-state index in [9.17, 15) is 4.79 Å². The Kier molecular flexibility index (Phi) is 4.32. The van der Waals surface area contributed by atoms with E-state index in [1.807, 2.05) is 31.2 Å². The number of amides is 1. The number of benzene rings is 1. The van der Waals surface area contributed by atoms with E-state index >= 15 is 0 Å². The van der Waals surface area contributed by atoms with Crippen LogP contribution in [-0.4, -0.2) is 37.4 Å². The first kappa shape index (κ1) is 15.4. The van der Waals surface area contributed by atoms with Gasteiger partial charge in [0.05, 0.1) is 18.1 Å². The number of hydrogen-bond donors (Lipinski definition) is 3. The van der Waals surface area contributed by atoms with Gasteiger partial charge in [0, 0.05) is 18.4 Å². The summed E-state index contributed by atoms with van der Waals surface area (Å²) in [4.78, 5) is 21.4. The molecule has 9 nitrogen and oxygen atoms in total. The summed E-state index contributed by atoms with van der Waals surface area (Å²) in [5.41, 5.74) is 7.09. The second-order valence-corrected chi connectivity index (χ2v) is 4.84. The Morgan fingerprint density at radius 3 is 2.79 bits per heavy atom. The van der Waals surface area contributed by atoms with E-state index in [4.69, 9.17) is 5.73 Å². The Bertz CT molecular complexity index is 846. The molecule has 0 spiro atoms. The highest BCUT2D eigenvalue weighted by molar-refractivity contribution is 5.98. The van der Waals surface area contributed by atoms with Crippen LogP contribution in [0, 0.1) is 0 Å². The molecular weight excluding hydrogens is 308 g/mol. The molecule has 0 saturated heterocycles. The lowest BCUT2D eigenvalue weighted by atomic mass is 10.2. The van der Waals surface area contributed by atoms with E-state index in [0.29, 0.717) is 24.0 Å². The van der Waals surface area contributed by atoms with Gasteiger partial charge in [-0.05, 0) is 25.1 Å². The second kappa shape index (κ2) is 6.73. The number of primary amides is 1. The lowest BCUT2D eigenvalue weighted by Crippen LogP contribution is -2.16. The Labute approximate surface area is 137 Å². The molecule has 0 saturated carbocycles. The molecule has 2 aromatic heterocycles. The molecule has 9 heteroatoms.